The van der Waals surface area contributed by atoms with Crippen LogP contribution in [0.5, 0.6) is 11.5 Å². The Morgan fingerprint density at radius 1 is 1.13 bits per heavy atom. The van der Waals surface area contributed by atoms with Crippen molar-refractivity contribution >= 4 is 45.2 Å². The van der Waals surface area contributed by atoms with Crippen LogP contribution in [0.3, 0.4) is 0 Å². The maximum Gasteiger partial charge on any atom is 0.337 e. The van der Waals surface area contributed by atoms with E-state index in [4.69, 9.17) is 14.2 Å². The standard InChI is InChI=1S/C21H22N2O5S2/c1-26-16-7-5-6-14(18(16)27-2)19(24)22-21-23(10-11-29-4)15-9-8-13(20(25)28-3)12-17(15)30-21/h5-9,12H,10-11H2,1-4H3. The fourth-order valence-electron chi connectivity index (χ4n) is 3.00. The fourth-order valence-corrected chi connectivity index (χ4v) is 4.46. The number of fused-ring (bicyclic) bond motifs is 1. The lowest BCUT2D eigenvalue weighted by atomic mass is 10.2. The minimum absolute atomic E-state index is 0.320. The van der Waals surface area contributed by atoms with E-state index in [0.29, 0.717) is 34.0 Å². The lowest BCUT2D eigenvalue weighted by molar-refractivity contribution is 0.0600. The molecule has 0 aliphatic heterocycles. The minimum atomic E-state index is -0.427. The van der Waals surface area contributed by atoms with Gasteiger partial charge in [0, 0.05) is 12.3 Å². The number of aryl methyl sites for hydroxylation is 1. The number of hydrogen-bond acceptors (Lipinski definition) is 7. The first-order valence-electron chi connectivity index (χ1n) is 9.04. The van der Waals surface area contributed by atoms with E-state index in [2.05, 4.69) is 4.99 Å². The molecule has 0 fully saturated rings. The van der Waals surface area contributed by atoms with E-state index in [0.717, 1.165) is 16.0 Å². The molecule has 3 aromatic rings. The predicted molar refractivity (Wildman–Crippen MR) is 119 cm³/mol. The third-order valence-electron chi connectivity index (χ3n) is 4.45. The Bertz CT molecular complexity index is 1150. The van der Waals surface area contributed by atoms with Crippen molar-refractivity contribution in [1.29, 1.82) is 0 Å². The van der Waals surface area contributed by atoms with Gasteiger partial charge in [-0.05, 0) is 36.6 Å². The highest BCUT2D eigenvalue weighted by Gasteiger charge is 2.17. The van der Waals surface area contributed by atoms with Crippen LogP contribution in [0.4, 0.5) is 0 Å². The fraction of sp³-hybridized carbons (Fsp3) is 0.286. The Labute approximate surface area is 182 Å². The zero-order valence-electron chi connectivity index (χ0n) is 17.1. The van der Waals surface area contributed by atoms with E-state index in [9.17, 15) is 9.59 Å². The summed E-state index contributed by atoms with van der Waals surface area (Å²) in [6.45, 7) is 0.681. The molecule has 0 bridgehead atoms. The lowest BCUT2D eigenvalue weighted by Gasteiger charge is -2.10. The third kappa shape index (κ3) is 4.36. The second kappa shape index (κ2) is 9.82. The van der Waals surface area contributed by atoms with Gasteiger partial charge in [0.15, 0.2) is 16.3 Å². The molecule has 0 unspecified atom stereocenters. The van der Waals surface area contributed by atoms with Gasteiger partial charge in [0.05, 0.1) is 42.7 Å². The highest BCUT2D eigenvalue weighted by Crippen LogP contribution is 2.31. The summed E-state index contributed by atoms with van der Waals surface area (Å²) in [5.41, 5.74) is 1.68. The van der Waals surface area contributed by atoms with Gasteiger partial charge in [-0.1, -0.05) is 17.4 Å². The van der Waals surface area contributed by atoms with Crippen molar-refractivity contribution in [2.75, 3.05) is 33.3 Å². The number of carbonyl (C=O) groups is 2. The molecular formula is C21H22N2O5S2. The summed E-state index contributed by atoms with van der Waals surface area (Å²) in [5, 5.41) is 0. The van der Waals surface area contributed by atoms with Crippen LogP contribution in [-0.4, -0.2) is 49.8 Å². The lowest BCUT2D eigenvalue weighted by Crippen LogP contribution is -2.18. The van der Waals surface area contributed by atoms with Crippen LogP contribution in [-0.2, 0) is 11.3 Å². The summed E-state index contributed by atoms with van der Waals surface area (Å²) in [6, 6.07) is 10.4. The van der Waals surface area contributed by atoms with Crippen molar-refractivity contribution < 1.29 is 23.8 Å². The van der Waals surface area contributed by atoms with Gasteiger partial charge in [0.2, 0.25) is 0 Å². The number of nitrogens with zero attached hydrogens (tertiary/aromatic N) is 2. The number of thioether (sulfide) groups is 1. The summed E-state index contributed by atoms with van der Waals surface area (Å²) in [6.07, 6.45) is 2.02. The maximum atomic E-state index is 13.0. The van der Waals surface area contributed by atoms with Crippen molar-refractivity contribution in [3.63, 3.8) is 0 Å². The average molecular weight is 447 g/mol. The van der Waals surface area contributed by atoms with Crippen molar-refractivity contribution in [3.05, 3.63) is 52.3 Å². The molecule has 0 radical (unpaired) electrons. The normalized spacial score (nSPS) is 11.5. The van der Waals surface area contributed by atoms with Gasteiger partial charge in [-0.25, -0.2) is 4.79 Å². The summed E-state index contributed by atoms with van der Waals surface area (Å²) >= 11 is 3.05. The van der Waals surface area contributed by atoms with Gasteiger partial charge in [-0.3, -0.25) is 4.79 Å². The number of esters is 1. The Kier molecular flexibility index (Phi) is 7.17. The van der Waals surface area contributed by atoms with Crippen molar-refractivity contribution in [3.8, 4) is 11.5 Å². The molecule has 30 heavy (non-hydrogen) atoms. The van der Waals surface area contributed by atoms with E-state index in [1.54, 1.807) is 42.1 Å². The Morgan fingerprint density at radius 3 is 2.60 bits per heavy atom. The monoisotopic (exact) mass is 446 g/mol. The molecular weight excluding hydrogens is 424 g/mol. The number of methoxy groups -OCH3 is 3. The first kappa shape index (κ1) is 21.9. The largest absolute Gasteiger partial charge is 0.493 e. The van der Waals surface area contributed by atoms with Crippen LogP contribution in [0.15, 0.2) is 41.4 Å². The number of hydrogen-bond donors (Lipinski definition) is 0. The first-order chi connectivity index (χ1) is 14.5. The van der Waals surface area contributed by atoms with E-state index in [1.807, 2.05) is 16.9 Å². The number of ether oxygens (including phenoxy) is 3. The summed E-state index contributed by atoms with van der Waals surface area (Å²) in [4.78, 5) is 29.8. The smallest absolute Gasteiger partial charge is 0.337 e. The average Bonchev–Trinajstić information content (AvgIpc) is 3.12. The minimum Gasteiger partial charge on any atom is -0.493 e. The Balaban J connectivity index is 2.15. The molecule has 7 nitrogen and oxygen atoms in total. The molecule has 1 amide bonds. The van der Waals surface area contributed by atoms with E-state index < -0.39 is 11.9 Å². The zero-order valence-corrected chi connectivity index (χ0v) is 18.8. The van der Waals surface area contributed by atoms with E-state index in [1.165, 1.54) is 32.7 Å². The van der Waals surface area contributed by atoms with Crippen molar-refractivity contribution in [2.45, 2.75) is 6.54 Å². The van der Waals surface area contributed by atoms with Gasteiger partial charge in [0.1, 0.15) is 0 Å². The van der Waals surface area contributed by atoms with Crippen molar-refractivity contribution in [2.24, 2.45) is 4.99 Å². The molecule has 0 N–H and O–H groups in total. The molecule has 3 rings (SSSR count). The van der Waals surface area contributed by atoms with Gasteiger partial charge in [-0.15, -0.1) is 0 Å². The molecule has 0 saturated heterocycles. The Morgan fingerprint density at radius 2 is 1.93 bits per heavy atom. The SMILES string of the molecule is COC(=O)c1ccc2c(c1)sc(=NC(=O)c1cccc(OC)c1OC)n2CCSC. The number of thiazole rings is 1. The quantitative estimate of drug-likeness (QED) is 0.516. The molecule has 158 valence electrons. The predicted octanol–water partition coefficient (Wildman–Crippen LogP) is 3.61. The molecule has 0 atom stereocenters. The van der Waals surface area contributed by atoms with Crippen LogP contribution in [0.2, 0.25) is 0 Å². The van der Waals surface area contributed by atoms with Crippen LogP contribution in [0.25, 0.3) is 10.2 Å². The van der Waals surface area contributed by atoms with Crippen LogP contribution < -0.4 is 14.3 Å². The number of rotatable bonds is 7. The summed E-state index contributed by atoms with van der Waals surface area (Å²) in [5.74, 6) is 0.834. The van der Waals surface area contributed by atoms with Gasteiger partial charge in [0.25, 0.3) is 5.91 Å². The van der Waals surface area contributed by atoms with Gasteiger partial charge >= 0.3 is 5.97 Å². The highest BCUT2D eigenvalue weighted by molar-refractivity contribution is 7.98. The molecule has 1 aromatic heterocycles. The van der Waals surface area contributed by atoms with Gasteiger partial charge < -0.3 is 18.8 Å². The maximum absolute atomic E-state index is 13.0. The van der Waals surface area contributed by atoms with Crippen LogP contribution in [0, 0.1) is 0 Å². The molecule has 9 heteroatoms. The molecule has 0 saturated carbocycles. The number of para-hydroxylation sites is 1. The summed E-state index contributed by atoms with van der Waals surface area (Å²) < 4.78 is 18.3. The molecule has 1 heterocycles. The number of aromatic nitrogens is 1. The second-order valence-corrected chi connectivity index (χ2v) is 8.16. The number of amides is 1. The van der Waals surface area contributed by atoms with Crippen LogP contribution >= 0.6 is 23.1 Å². The topological polar surface area (TPSA) is 79.1 Å². The first-order valence-corrected chi connectivity index (χ1v) is 11.3. The molecule has 2 aromatic carbocycles. The molecule has 0 aliphatic carbocycles. The number of carbonyl (C=O) groups excluding carboxylic acids is 2. The van der Waals surface area contributed by atoms with Crippen molar-refractivity contribution in [1.82, 2.24) is 4.57 Å². The van der Waals surface area contributed by atoms with E-state index in [-0.39, 0.29) is 0 Å². The molecule has 0 spiro atoms. The summed E-state index contributed by atoms with van der Waals surface area (Å²) in [7, 11) is 4.35. The zero-order chi connectivity index (χ0) is 21.7. The second-order valence-electron chi connectivity index (χ2n) is 6.16. The third-order valence-corrected chi connectivity index (χ3v) is 6.09. The van der Waals surface area contributed by atoms with Crippen LogP contribution in [0.1, 0.15) is 20.7 Å². The van der Waals surface area contributed by atoms with Gasteiger partial charge in [-0.2, -0.15) is 16.8 Å². The highest BCUT2D eigenvalue weighted by atomic mass is 32.2. The van der Waals surface area contributed by atoms with E-state index >= 15 is 0 Å². The number of benzene rings is 2. The molecule has 0 aliphatic rings. The Hall–Kier alpha value is -2.78.